The Labute approximate surface area is 195 Å². The first-order valence-corrected chi connectivity index (χ1v) is 10.9. The predicted molar refractivity (Wildman–Crippen MR) is 131 cm³/mol. The van der Waals surface area contributed by atoms with Crippen LogP contribution in [0.4, 0.5) is 20.2 Å². The van der Waals surface area contributed by atoms with Crippen molar-refractivity contribution in [2.75, 3.05) is 11.9 Å². The van der Waals surface area contributed by atoms with Gasteiger partial charge in [0.05, 0.1) is 5.69 Å². The summed E-state index contributed by atoms with van der Waals surface area (Å²) in [5.74, 6) is -1.03. The lowest BCUT2D eigenvalue weighted by molar-refractivity contribution is 0.620. The van der Waals surface area contributed by atoms with Gasteiger partial charge in [0.15, 0.2) is 5.82 Å². The third kappa shape index (κ3) is 4.02. The molecule has 7 heteroatoms. The lowest BCUT2D eigenvalue weighted by Crippen LogP contribution is -2.09. The van der Waals surface area contributed by atoms with Crippen LogP contribution in [0.15, 0.2) is 79.1 Å². The van der Waals surface area contributed by atoms with Crippen LogP contribution in [0.5, 0.6) is 0 Å². The van der Waals surface area contributed by atoms with Crippen molar-refractivity contribution in [2.45, 2.75) is 13.0 Å². The van der Waals surface area contributed by atoms with Gasteiger partial charge in [0, 0.05) is 60.3 Å². The first-order chi connectivity index (χ1) is 16.5. The zero-order valence-corrected chi connectivity index (χ0v) is 18.6. The molecular weight excluding hydrogens is 432 g/mol. The van der Waals surface area contributed by atoms with E-state index >= 15 is 8.78 Å². The molecule has 5 rings (SSSR count). The molecule has 0 saturated carbocycles. The van der Waals surface area contributed by atoms with E-state index < -0.39 is 11.6 Å². The number of halogens is 2. The Morgan fingerprint density at radius 1 is 0.882 bits per heavy atom. The quantitative estimate of drug-likeness (QED) is 0.344. The predicted octanol–water partition coefficient (Wildman–Crippen LogP) is 5.72. The summed E-state index contributed by atoms with van der Waals surface area (Å²) < 4.78 is 30.6. The molecule has 0 saturated heterocycles. The number of fused-ring (bicyclic) bond motifs is 1. The molecule has 0 aliphatic heterocycles. The molecule has 0 aliphatic carbocycles. The van der Waals surface area contributed by atoms with Crippen LogP contribution >= 0.6 is 0 Å². The highest BCUT2D eigenvalue weighted by molar-refractivity contribution is 5.87. The Hall–Kier alpha value is -4.10. The number of rotatable bonds is 6. The molecule has 0 atom stereocenters. The molecule has 2 aromatic heterocycles. The molecule has 0 radical (unpaired) electrons. The summed E-state index contributed by atoms with van der Waals surface area (Å²) in [5, 5.41) is 7.81. The van der Waals surface area contributed by atoms with Gasteiger partial charge >= 0.3 is 0 Å². The van der Waals surface area contributed by atoms with Crippen LogP contribution in [0.2, 0.25) is 0 Å². The number of aromatic nitrogens is 3. The van der Waals surface area contributed by atoms with E-state index in [-0.39, 0.29) is 16.6 Å². The zero-order chi connectivity index (χ0) is 23.7. The fourth-order valence-corrected chi connectivity index (χ4v) is 4.16. The van der Waals surface area contributed by atoms with E-state index in [2.05, 4.69) is 15.2 Å². The van der Waals surface area contributed by atoms with Crippen molar-refractivity contribution in [1.29, 1.82) is 0 Å². The Kier molecular flexibility index (Phi) is 5.77. The number of hydrogen-bond acceptors (Lipinski definition) is 4. The maximum absolute atomic E-state index is 15.5. The fraction of sp³-hybridized carbons (Fsp3) is 0.111. The largest absolute Gasteiger partial charge is 0.344 e. The summed E-state index contributed by atoms with van der Waals surface area (Å²) >= 11 is 0. The molecule has 0 spiro atoms. The molecule has 0 unspecified atom stereocenters. The molecule has 0 fully saturated rings. The van der Waals surface area contributed by atoms with Crippen LogP contribution in [0, 0.1) is 11.6 Å². The first-order valence-electron chi connectivity index (χ1n) is 10.9. The SMILES string of the molecule is CN(c1ccncc1)c1ccc(-c2ccc3c(Cc4cccc(CN)c4)n[nH]c3c2F)c(F)c1. The second-order valence-electron chi connectivity index (χ2n) is 8.15. The van der Waals surface area contributed by atoms with E-state index in [0.717, 1.165) is 22.5 Å². The van der Waals surface area contributed by atoms with Crippen molar-refractivity contribution in [3.63, 3.8) is 0 Å². The molecule has 0 aliphatic rings. The Morgan fingerprint density at radius 3 is 2.41 bits per heavy atom. The lowest BCUT2D eigenvalue weighted by Gasteiger charge is -2.20. The van der Waals surface area contributed by atoms with Gasteiger partial charge in [-0.2, -0.15) is 5.10 Å². The van der Waals surface area contributed by atoms with Gasteiger partial charge in [-0.05, 0) is 41.5 Å². The third-order valence-electron chi connectivity index (χ3n) is 6.03. The van der Waals surface area contributed by atoms with Gasteiger partial charge in [0.25, 0.3) is 0 Å². The number of nitrogens with two attached hydrogens (primary N) is 1. The van der Waals surface area contributed by atoms with E-state index in [1.165, 1.54) is 6.07 Å². The highest BCUT2D eigenvalue weighted by Gasteiger charge is 2.18. The van der Waals surface area contributed by atoms with Crippen molar-refractivity contribution in [1.82, 2.24) is 15.2 Å². The third-order valence-corrected chi connectivity index (χ3v) is 6.03. The minimum Gasteiger partial charge on any atom is -0.344 e. The molecule has 5 aromatic rings. The number of H-pyrrole nitrogens is 1. The number of anilines is 2. The average molecular weight is 456 g/mol. The number of pyridine rings is 1. The molecule has 0 amide bonds. The fourth-order valence-electron chi connectivity index (χ4n) is 4.16. The van der Waals surface area contributed by atoms with Crippen LogP contribution in [-0.2, 0) is 13.0 Å². The van der Waals surface area contributed by atoms with Crippen molar-refractivity contribution in [3.8, 4) is 11.1 Å². The summed E-state index contributed by atoms with van der Waals surface area (Å²) in [6, 6.07) is 19.8. The number of nitrogens with one attached hydrogen (secondary N) is 1. The Balaban J connectivity index is 1.47. The van der Waals surface area contributed by atoms with Gasteiger partial charge in [0.2, 0.25) is 0 Å². The number of benzene rings is 3. The van der Waals surface area contributed by atoms with E-state index in [0.29, 0.717) is 24.0 Å². The van der Waals surface area contributed by atoms with Crippen molar-refractivity contribution >= 4 is 22.3 Å². The Bertz CT molecular complexity index is 1460. The van der Waals surface area contributed by atoms with E-state index in [1.807, 2.05) is 48.3 Å². The van der Waals surface area contributed by atoms with Gasteiger partial charge in [-0.25, -0.2) is 8.78 Å². The topological polar surface area (TPSA) is 70.8 Å². The highest BCUT2D eigenvalue weighted by Crippen LogP contribution is 2.34. The van der Waals surface area contributed by atoms with Gasteiger partial charge in [-0.15, -0.1) is 0 Å². The molecule has 0 bridgehead atoms. The lowest BCUT2D eigenvalue weighted by atomic mass is 10.00. The second kappa shape index (κ2) is 9.03. The van der Waals surface area contributed by atoms with Crippen LogP contribution < -0.4 is 10.6 Å². The normalized spacial score (nSPS) is 11.2. The van der Waals surface area contributed by atoms with Gasteiger partial charge in [-0.1, -0.05) is 36.4 Å². The number of aromatic amines is 1. The van der Waals surface area contributed by atoms with E-state index in [4.69, 9.17) is 5.73 Å². The Morgan fingerprint density at radius 2 is 1.65 bits per heavy atom. The zero-order valence-electron chi connectivity index (χ0n) is 18.6. The highest BCUT2D eigenvalue weighted by atomic mass is 19.1. The molecule has 34 heavy (non-hydrogen) atoms. The summed E-state index contributed by atoms with van der Waals surface area (Å²) in [4.78, 5) is 5.85. The molecule has 3 aromatic carbocycles. The summed E-state index contributed by atoms with van der Waals surface area (Å²) in [7, 11) is 1.84. The average Bonchev–Trinajstić information content (AvgIpc) is 3.28. The minimum atomic E-state index is -0.527. The van der Waals surface area contributed by atoms with Gasteiger partial charge in [0.1, 0.15) is 11.3 Å². The smallest absolute Gasteiger partial charge is 0.156 e. The molecule has 3 N–H and O–H groups in total. The second-order valence-corrected chi connectivity index (χ2v) is 8.15. The van der Waals surface area contributed by atoms with Crippen molar-refractivity contribution < 1.29 is 8.78 Å². The summed E-state index contributed by atoms with van der Waals surface area (Å²) in [6.07, 6.45) is 3.89. The molecule has 5 nitrogen and oxygen atoms in total. The van der Waals surface area contributed by atoms with Gasteiger partial charge in [-0.3, -0.25) is 10.1 Å². The van der Waals surface area contributed by atoms with Crippen LogP contribution in [0.3, 0.4) is 0 Å². The summed E-state index contributed by atoms with van der Waals surface area (Å²) in [5.41, 5.74) is 10.7. The molecular formula is C27H23F2N5. The van der Waals surface area contributed by atoms with Crippen molar-refractivity contribution in [3.05, 3.63) is 108 Å². The minimum absolute atomic E-state index is 0.184. The maximum atomic E-state index is 15.5. The van der Waals surface area contributed by atoms with Crippen LogP contribution in [0.25, 0.3) is 22.0 Å². The standard InChI is InChI=1S/C27H23F2N5/c1-34(19-9-11-31-12-10-19)20-5-6-21(24(28)15-20)22-7-8-23-25(32-33-27(23)26(22)29)14-17-3-2-4-18(13-17)16-30/h2-13,15H,14,16,30H2,1H3,(H,32,33). The van der Waals surface area contributed by atoms with Gasteiger partial charge < -0.3 is 10.6 Å². The monoisotopic (exact) mass is 455 g/mol. The van der Waals surface area contributed by atoms with Crippen LogP contribution in [-0.4, -0.2) is 22.2 Å². The van der Waals surface area contributed by atoms with E-state index in [1.54, 1.807) is 36.7 Å². The number of nitrogens with zero attached hydrogens (tertiary/aromatic N) is 3. The summed E-state index contributed by atoms with van der Waals surface area (Å²) in [6.45, 7) is 0.454. The van der Waals surface area contributed by atoms with Crippen molar-refractivity contribution in [2.24, 2.45) is 5.73 Å². The number of hydrogen-bond donors (Lipinski definition) is 2. The van der Waals surface area contributed by atoms with Crippen LogP contribution in [0.1, 0.15) is 16.8 Å². The maximum Gasteiger partial charge on any atom is 0.156 e. The van der Waals surface area contributed by atoms with E-state index in [9.17, 15) is 0 Å². The first kappa shape index (κ1) is 21.7. The molecule has 2 heterocycles. The molecule has 170 valence electrons.